The minimum Gasteiger partial charge on any atom is -0.481 e. The fourth-order valence-corrected chi connectivity index (χ4v) is 3.41. The van der Waals surface area contributed by atoms with Crippen molar-refractivity contribution in [1.29, 1.82) is 0 Å². The van der Waals surface area contributed by atoms with Crippen molar-refractivity contribution in [2.75, 3.05) is 6.54 Å². The summed E-state index contributed by atoms with van der Waals surface area (Å²) >= 11 is 3.48. The topological polar surface area (TPSA) is 79.1 Å². The molecular weight excluding hydrogens is 380 g/mol. The van der Waals surface area contributed by atoms with E-state index in [2.05, 4.69) is 33.0 Å². The van der Waals surface area contributed by atoms with Crippen molar-refractivity contribution < 1.29 is 9.90 Å². The Kier molecular flexibility index (Phi) is 5.56. The normalized spacial score (nSPS) is 11.1. The summed E-state index contributed by atoms with van der Waals surface area (Å²) < 4.78 is 1.04. The first-order valence-corrected chi connectivity index (χ1v) is 9.19. The van der Waals surface area contributed by atoms with Crippen molar-refractivity contribution in [2.45, 2.75) is 25.7 Å². The summed E-state index contributed by atoms with van der Waals surface area (Å²) in [6.45, 7) is 0.681. The number of benzene rings is 2. The number of nitrogens with two attached hydrogens (primary N) is 1. The van der Waals surface area contributed by atoms with E-state index in [1.165, 1.54) is 5.56 Å². The molecule has 5 heteroatoms. The minimum atomic E-state index is -0.812. The summed E-state index contributed by atoms with van der Waals surface area (Å²) in [5, 5.41) is 10.2. The lowest BCUT2D eigenvalue weighted by Gasteiger charge is -2.06. The number of hydrogen-bond acceptors (Lipinski definition) is 2. The highest BCUT2D eigenvalue weighted by Gasteiger charge is 2.14. The maximum atomic E-state index is 11.0. The molecule has 1 aromatic heterocycles. The van der Waals surface area contributed by atoms with Gasteiger partial charge >= 0.3 is 5.97 Å². The summed E-state index contributed by atoms with van der Waals surface area (Å²) in [6.07, 6.45) is 2.94. The number of carbonyl (C=O) groups is 1. The first kappa shape index (κ1) is 17.7. The van der Waals surface area contributed by atoms with Gasteiger partial charge in [0.25, 0.3) is 0 Å². The number of H-pyrrole nitrogens is 1. The quantitative estimate of drug-likeness (QED) is 0.510. The lowest BCUT2D eigenvalue weighted by Crippen LogP contribution is -2.00. The zero-order chi connectivity index (χ0) is 17.8. The Bertz CT molecular complexity index is 885. The van der Waals surface area contributed by atoms with E-state index >= 15 is 0 Å². The van der Waals surface area contributed by atoms with E-state index in [9.17, 15) is 4.79 Å². The number of rotatable bonds is 7. The van der Waals surface area contributed by atoms with E-state index in [4.69, 9.17) is 10.8 Å². The van der Waals surface area contributed by atoms with Gasteiger partial charge in [-0.25, -0.2) is 0 Å². The minimum absolute atomic E-state index is 0.0387. The number of fused-ring (bicyclic) bond motifs is 1. The lowest BCUT2D eigenvalue weighted by atomic mass is 9.99. The number of nitrogens with one attached hydrogen (secondary N) is 1. The number of aliphatic carboxylic acids is 1. The van der Waals surface area contributed by atoms with Gasteiger partial charge in [0, 0.05) is 21.1 Å². The molecule has 130 valence electrons. The Hall–Kier alpha value is -2.11. The monoisotopic (exact) mass is 400 g/mol. The molecule has 0 saturated carbocycles. The summed E-state index contributed by atoms with van der Waals surface area (Å²) in [4.78, 5) is 14.5. The molecule has 1 heterocycles. The van der Waals surface area contributed by atoms with Crippen molar-refractivity contribution in [3.63, 3.8) is 0 Å². The predicted molar refractivity (Wildman–Crippen MR) is 105 cm³/mol. The van der Waals surface area contributed by atoms with Gasteiger partial charge in [0.05, 0.1) is 6.42 Å². The molecule has 0 amide bonds. The van der Waals surface area contributed by atoms with E-state index < -0.39 is 5.97 Å². The molecule has 0 aliphatic carbocycles. The number of carboxylic acids is 1. The average Bonchev–Trinajstić information content (AvgIpc) is 2.93. The molecular formula is C20H21BrN2O2. The third kappa shape index (κ3) is 4.11. The molecule has 0 aliphatic rings. The van der Waals surface area contributed by atoms with E-state index in [-0.39, 0.29) is 6.42 Å². The number of hydrogen-bond donors (Lipinski definition) is 3. The van der Waals surface area contributed by atoms with Crippen LogP contribution in [0.5, 0.6) is 0 Å². The van der Waals surface area contributed by atoms with E-state index in [0.717, 1.165) is 51.5 Å². The fraction of sp³-hybridized carbons (Fsp3) is 0.250. The Morgan fingerprint density at radius 2 is 1.88 bits per heavy atom. The maximum absolute atomic E-state index is 11.0. The van der Waals surface area contributed by atoms with Crippen LogP contribution in [0.4, 0.5) is 0 Å². The van der Waals surface area contributed by atoms with E-state index in [1.807, 2.05) is 30.3 Å². The highest BCUT2D eigenvalue weighted by atomic mass is 79.9. The zero-order valence-corrected chi connectivity index (χ0v) is 15.5. The molecule has 4 nitrogen and oxygen atoms in total. The summed E-state index contributed by atoms with van der Waals surface area (Å²) in [7, 11) is 0. The number of aromatic nitrogens is 1. The summed E-state index contributed by atoms with van der Waals surface area (Å²) in [6, 6.07) is 14.1. The molecule has 0 fully saturated rings. The van der Waals surface area contributed by atoms with Gasteiger partial charge in [-0.15, -0.1) is 0 Å². The van der Waals surface area contributed by atoms with Crippen molar-refractivity contribution >= 4 is 32.8 Å². The van der Waals surface area contributed by atoms with Gasteiger partial charge in [-0.2, -0.15) is 0 Å². The van der Waals surface area contributed by atoms with Crippen LogP contribution in [0.2, 0.25) is 0 Å². The second kappa shape index (κ2) is 7.85. The molecule has 0 unspecified atom stereocenters. The summed E-state index contributed by atoms with van der Waals surface area (Å²) in [5.41, 5.74) is 11.0. The molecule has 4 N–H and O–H groups in total. The van der Waals surface area contributed by atoms with Crippen LogP contribution < -0.4 is 5.73 Å². The molecule has 0 spiro atoms. The second-order valence-electron chi connectivity index (χ2n) is 6.18. The number of halogens is 1. The molecule has 0 saturated heterocycles. The highest BCUT2D eigenvalue weighted by Crippen LogP contribution is 2.33. The molecule has 0 atom stereocenters. The Morgan fingerprint density at radius 3 is 2.56 bits per heavy atom. The largest absolute Gasteiger partial charge is 0.481 e. The van der Waals surface area contributed by atoms with Gasteiger partial charge in [-0.05, 0) is 66.8 Å². The van der Waals surface area contributed by atoms with Crippen LogP contribution in [0, 0.1) is 0 Å². The average molecular weight is 401 g/mol. The van der Waals surface area contributed by atoms with Crippen LogP contribution in [0.1, 0.15) is 24.0 Å². The molecule has 3 aromatic rings. The number of carboxylic acid groups (broad SMARTS) is 1. The van der Waals surface area contributed by atoms with Gasteiger partial charge in [0.2, 0.25) is 0 Å². The second-order valence-corrected chi connectivity index (χ2v) is 7.10. The van der Waals surface area contributed by atoms with Crippen LogP contribution in [0.15, 0.2) is 46.9 Å². The van der Waals surface area contributed by atoms with Crippen LogP contribution in [-0.2, 0) is 17.6 Å². The van der Waals surface area contributed by atoms with Crippen molar-refractivity contribution in [3.8, 4) is 11.3 Å². The molecule has 0 bridgehead atoms. The van der Waals surface area contributed by atoms with E-state index in [1.54, 1.807) is 0 Å². The lowest BCUT2D eigenvalue weighted by molar-refractivity contribution is -0.136. The predicted octanol–water partition coefficient (Wildman–Crippen LogP) is 4.51. The van der Waals surface area contributed by atoms with E-state index in [0.29, 0.717) is 6.54 Å². The molecule has 0 aliphatic heterocycles. The Labute approximate surface area is 155 Å². The molecule has 25 heavy (non-hydrogen) atoms. The third-order valence-electron chi connectivity index (χ3n) is 4.34. The van der Waals surface area contributed by atoms with Crippen molar-refractivity contribution in [2.24, 2.45) is 5.73 Å². The first-order chi connectivity index (χ1) is 12.1. The third-order valence-corrected chi connectivity index (χ3v) is 4.87. The maximum Gasteiger partial charge on any atom is 0.307 e. The van der Waals surface area contributed by atoms with Gasteiger partial charge in [0.15, 0.2) is 0 Å². The molecule has 2 aromatic carbocycles. The van der Waals surface area contributed by atoms with Crippen LogP contribution in [0.3, 0.4) is 0 Å². The zero-order valence-electron chi connectivity index (χ0n) is 13.9. The summed E-state index contributed by atoms with van der Waals surface area (Å²) in [5.74, 6) is -0.812. The SMILES string of the molecule is NCCCCc1c(-c2ccc(Br)cc2)[nH]c2ccc(CC(=O)O)cc12. The standard InChI is InChI=1S/C20H21BrN2O2/c21-15-7-5-14(6-8-15)20-16(3-1-2-10-22)17-11-13(12-19(24)25)4-9-18(17)23-20/h4-9,11,23H,1-3,10,12,22H2,(H,24,25). The highest BCUT2D eigenvalue weighted by molar-refractivity contribution is 9.10. The van der Waals surface area contributed by atoms with Crippen molar-refractivity contribution in [1.82, 2.24) is 4.98 Å². The van der Waals surface area contributed by atoms with Crippen molar-refractivity contribution in [3.05, 3.63) is 58.1 Å². The van der Waals surface area contributed by atoms with Crippen LogP contribution >= 0.6 is 15.9 Å². The number of aromatic amines is 1. The number of unbranched alkanes of at least 4 members (excludes halogenated alkanes) is 1. The smallest absolute Gasteiger partial charge is 0.307 e. The van der Waals surface area contributed by atoms with Gasteiger partial charge in [0.1, 0.15) is 0 Å². The van der Waals surface area contributed by atoms with Crippen LogP contribution in [0.25, 0.3) is 22.2 Å². The molecule has 0 radical (unpaired) electrons. The fourth-order valence-electron chi connectivity index (χ4n) is 3.15. The van der Waals surface area contributed by atoms with Gasteiger partial charge < -0.3 is 15.8 Å². The van der Waals surface area contributed by atoms with Gasteiger partial charge in [-0.3, -0.25) is 4.79 Å². The molecule has 3 rings (SSSR count). The Morgan fingerprint density at radius 1 is 1.12 bits per heavy atom. The number of aryl methyl sites for hydroxylation is 1. The van der Waals surface area contributed by atoms with Crippen LogP contribution in [-0.4, -0.2) is 22.6 Å². The Balaban J connectivity index is 2.08. The van der Waals surface area contributed by atoms with Gasteiger partial charge in [-0.1, -0.05) is 34.1 Å². The first-order valence-electron chi connectivity index (χ1n) is 8.40.